The molecule has 4 aromatic rings. The van der Waals surface area contributed by atoms with Crippen LogP contribution in [0.3, 0.4) is 0 Å². The molecule has 1 aliphatic rings. The third-order valence-electron chi connectivity index (χ3n) is 6.03. The molecule has 2 aromatic heterocycles. The van der Waals surface area contributed by atoms with E-state index in [1.54, 1.807) is 12.4 Å². The molecule has 0 aliphatic carbocycles. The molecule has 5 rings (SSSR count). The molecule has 1 saturated heterocycles. The van der Waals surface area contributed by atoms with E-state index in [4.69, 9.17) is 4.98 Å². The van der Waals surface area contributed by atoms with Crippen LogP contribution < -0.4 is 10.2 Å². The monoisotopic (exact) mass is 502 g/mol. The number of benzene rings is 2. The highest BCUT2D eigenvalue weighted by Gasteiger charge is 2.18. The number of rotatable bonds is 6. The zero-order valence-electron chi connectivity index (χ0n) is 18.7. The van der Waals surface area contributed by atoms with E-state index in [0.717, 1.165) is 77.4 Å². The maximum atomic E-state index is 4.81. The lowest BCUT2D eigenvalue weighted by Gasteiger charge is -2.35. The van der Waals surface area contributed by atoms with Gasteiger partial charge < -0.3 is 10.2 Å². The first kappa shape index (κ1) is 21.8. The van der Waals surface area contributed by atoms with Crippen LogP contribution in [0.5, 0.6) is 0 Å². The second kappa shape index (κ2) is 9.85. The van der Waals surface area contributed by atoms with Crippen LogP contribution >= 0.6 is 15.9 Å². The fourth-order valence-electron chi connectivity index (χ4n) is 4.32. The average Bonchev–Trinajstić information content (AvgIpc) is 2.86. The molecule has 168 valence electrons. The average molecular weight is 503 g/mol. The van der Waals surface area contributed by atoms with Gasteiger partial charge in [0.25, 0.3) is 0 Å². The van der Waals surface area contributed by atoms with E-state index in [1.807, 2.05) is 12.3 Å². The van der Waals surface area contributed by atoms with Crippen molar-refractivity contribution in [1.29, 1.82) is 0 Å². The topological polar surface area (TPSA) is 57.2 Å². The Hall–Kier alpha value is -3.03. The van der Waals surface area contributed by atoms with Crippen LogP contribution in [0, 0.1) is 0 Å². The van der Waals surface area contributed by atoms with Crippen molar-refractivity contribution in [3.63, 3.8) is 0 Å². The smallest absolute Gasteiger partial charge is 0.128 e. The minimum absolute atomic E-state index is 0.857. The van der Waals surface area contributed by atoms with E-state index in [2.05, 4.69) is 90.4 Å². The summed E-state index contributed by atoms with van der Waals surface area (Å²) in [6.45, 7) is 7.96. The number of nitrogens with one attached hydrogen (secondary N) is 1. The van der Waals surface area contributed by atoms with Crippen LogP contribution in [0.15, 0.2) is 71.6 Å². The Morgan fingerprint density at radius 2 is 1.70 bits per heavy atom. The lowest BCUT2D eigenvalue weighted by molar-refractivity contribution is 0.249. The lowest BCUT2D eigenvalue weighted by Crippen LogP contribution is -2.46. The van der Waals surface area contributed by atoms with Gasteiger partial charge in [-0.15, -0.1) is 0 Å². The molecule has 0 amide bonds. The van der Waals surface area contributed by atoms with E-state index < -0.39 is 0 Å². The number of hydrogen-bond acceptors (Lipinski definition) is 6. The van der Waals surface area contributed by atoms with Crippen molar-refractivity contribution in [2.24, 2.45) is 0 Å². The first-order valence-corrected chi connectivity index (χ1v) is 12.2. The Morgan fingerprint density at radius 1 is 0.909 bits per heavy atom. The summed E-state index contributed by atoms with van der Waals surface area (Å²) in [5.41, 5.74) is 6.29. The summed E-state index contributed by atoms with van der Waals surface area (Å²) in [6, 6.07) is 17.1. The van der Waals surface area contributed by atoms with Gasteiger partial charge in [0, 0.05) is 79.1 Å². The fraction of sp³-hybridized carbons (Fsp3) is 0.269. The van der Waals surface area contributed by atoms with Gasteiger partial charge in [0.15, 0.2) is 0 Å². The molecule has 1 fully saturated rings. The molecule has 0 radical (unpaired) electrons. The number of halogens is 1. The fourth-order valence-corrected chi connectivity index (χ4v) is 4.58. The van der Waals surface area contributed by atoms with Gasteiger partial charge in [-0.1, -0.05) is 28.1 Å². The Kier molecular flexibility index (Phi) is 6.51. The number of piperazine rings is 1. The number of hydrogen-bond donors (Lipinski definition) is 1. The van der Waals surface area contributed by atoms with Gasteiger partial charge in [-0.3, -0.25) is 14.9 Å². The zero-order valence-corrected chi connectivity index (χ0v) is 20.3. The maximum Gasteiger partial charge on any atom is 0.128 e. The summed E-state index contributed by atoms with van der Waals surface area (Å²) in [7, 11) is 0. The van der Waals surface area contributed by atoms with Crippen LogP contribution in [0.4, 0.5) is 11.5 Å². The van der Waals surface area contributed by atoms with Crippen molar-refractivity contribution >= 4 is 38.5 Å². The molecule has 0 unspecified atom stereocenters. The molecule has 0 atom stereocenters. The number of aromatic nitrogens is 3. The molecule has 33 heavy (non-hydrogen) atoms. The Balaban J connectivity index is 1.29. The van der Waals surface area contributed by atoms with Gasteiger partial charge in [0.2, 0.25) is 0 Å². The van der Waals surface area contributed by atoms with Gasteiger partial charge in [-0.05, 0) is 48.9 Å². The van der Waals surface area contributed by atoms with E-state index >= 15 is 0 Å². The van der Waals surface area contributed by atoms with Crippen molar-refractivity contribution in [2.45, 2.75) is 13.5 Å². The van der Waals surface area contributed by atoms with E-state index in [9.17, 15) is 0 Å². The molecule has 0 spiro atoms. The third-order valence-corrected chi connectivity index (χ3v) is 6.56. The molecule has 7 heteroatoms. The number of anilines is 2. The summed E-state index contributed by atoms with van der Waals surface area (Å²) >= 11 is 3.51. The van der Waals surface area contributed by atoms with Crippen molar-refractivity contribution in [1.82, 2.24) is 19.9 Å². The third kappa shape index (κ3) is 4.99. The Labute approximate surface area is 202 Å². The van der Waals surface area contributed by atoms with Crippen LogP contribution in [0.25, 0.3) is 22.2 Å². The van der Waals surface area contributed by atoms with Crippen molar-refractivity contribution in [2.75, 3.05) is 42.9 Å². The first-order chi connectivity index (χ1) is 16.2. The lowest BCUT2D eigenvalue weighted by atomic mass is 10.0. The van der Waals surface area contributed by atoms with Gasteiger partial charge in [0.05, 0.1) is 11.0 Å². The van der Waals surface area contributed by atoms with Gasteiger partial charge >= 0.3 is 0 Å². The molecule has 3 heterocycles. The molecule has 0 saturated carbocycles. The minimum Gasteiger partial charge on any atom is -0.385 e. The SMILES string of the molecule is CCNc1cc(-c2ccc(N3CCN(Cc4ccc(Br)cc4)CC3)nc2)c2nccnc2c1. The largest absolute Gasteiger partial charge is 0.385 e. The number of fused-ring (bicyclic) bond motifs is 1. The van der Waals surface area contributed by atoms with E-state index in [1.165, 1.54) is 5.56 Å². The summed E-state index contributed by atoms with van der Waals surface area (Å²) in [5.74, 6) is 1.03. The standard InChI is InChI=1S/C26H27BrN6/c1-2-28-22-15-23(26-24(16-22)29-9-10-30-26)20-5-8-25(31-17-20)33-13-11-32(12-14-33)18-19-3-6-21(27)7-4-19/h3-10,15-17,28H,2,11-14,18H2,1H3. The number of nitrogens with zero attached hydrogens (tertiary/aromatic N) is 5. The highest BCUT2D eigenvalue weighted by Crippen LogP contribution is 2.30. The first-order valence-electron chi connectivity index (χ1n) is 11.4. The maximum absolute atomic E-state index is 4.81. The highest BCUT2D eigenvalue weighted by molar-refractivity contribution is 9.10. The van der Waals surface area contributed by atoms with Gasteiger partial charge in [0.1, 0.15) is 5.82 Å². The summed E-state index contributed by atoms with van der Waals surface area (Å²) < 4.78 is 1.12. The number of pyridine rings is 1. The second-order valence-corrected chi connectivity index (χ2v) is 9.19. The minimum atomic E-state index is 0.857. The second-order valence-electron chi connectivity index (χ2n) is 8.27. The molecule has 2 aromatic carbocycles. The van der Waals surface area contributed by atoms with Crippen LogP contribution in [0.1, 0.15) is 12.5 Å². The summed E-state index contributed by atoms with van der Waals surface area (Å²) in [5, 5.41) is 3.39. The molecular weight excluding hydrogens is 476 g/mol. The molecule has 0 bridgehead atoms. The normalized spacial score (nSPS) is 14.5. The predicted octanol–water partition coefficient (Wildman–Crippen LogP) is 5.21. The van der Waals surface area contributed by atoms with Crippen molar-refractivity contribution in [3.05, 3.63) is 77.2 Å². The van der Waals surface area contributed by atoms with Crippen LogP contribution in [-0.2, 0) is 6.54 Å². The summed E-state index contributed by atoms with van der Waals surface area (Å²) in [6.07, 6.45) is 5.44. The van der Waals surface area contributed by atoms with Gasteiger partial charge in [-0.2, -0.15) is 0 Å². The Bertz CT molecular complexity index is 1220. The zero-order chi connectivity index (χ0) is 22.6. The predicted molar refractivity (Wildman–Crippen MR) is 139 cm³/mol. The van der Waals surface area contributed by atoms with Crippen LogP contribution in [-0.4, -0.2) is 52.6 Å². The molecule has 1 aliphatic heterocycles. The summed E-state index contributed by atoms with van der Waals surface area (Å²) in [4.78, 5) is 18.8. The quantitative estimate of drug-likeness (QED) is 0.390. The molecule has 6 nitrogen and oxygen atoms in total. The molecule has 1 N–H and O–H groups in total. The molecular formula is C26H27BrN6. The Morgan fingerprint density at radius 3 is 2.42 bits per heavy atom. The van der Waals surface area contributed by atoms with E-state index in [0.29, 0.717) is 0 Å². The van der Waals surface area contributed by atoms with Crippen molar-refractivity contribution < 1.29 is 0 Å². The van der Waals surface area contributed by atoms with E-state index in [-0.39, 0.29) is 0 Å². The van der Waals surface area contributed by atoms with Crippen molar-refractivity contribution in [3.8, 4) is 11.1 Å². The van der Waals surface area contributed by atoms with Crippen LogP contribution in [0.2, 0.25) is 0 Å². The van der Waals surface area contributed by atoms with Gasteiger partial charge in [-0.25, -0.2) is 4.98 Å². The highest BCUT2D eigenvalue weighted by atomic mass is 79.9.